The van der Waals surface area contributed by atoms with Crippen molar-refractivity contribution in [2.75, 3.05) is 12.5 Å². The van der Waals surface area contributed by atoms with Crippen LogP contribution in [-0.4, -0.2) is 45.1 Å². The highest BCUT2D eigenvalue weighted by atomic mass is 35.5. The molecule has 76 heavy (non-hydrogen) atoms. The standard InChI is InChI=1S/C62H40B2Cl2N6S4/c1-73-47-29-23-39(24-30-47)57-55-56(60(50(38-68)62-70-52-36-46(66)28-34-54(52)76-62)71(57)63(41-15-7-3-8-16-41)42-17-9-4-10-18-42)58(40-25-31-48(74-2)32-26-40)72(64(43-19-11-5-12-20-43)44-21-13-6-14-22-44)59(55)49(37-67)61-69-51-35-45(65)27-33-53(51)75-61/h3-36H,1-2H3/b59-49-,60-50-. The summed E-state index contributed by atoms with van der Waals surface area (Å²) in [7, 11) is 0. The molecule has 4 aromatic heterocycles. The van der Waals surface area contributed by atoms with Crippen LogP contribution in [0.5, 0.6) is 0 Å². The average Bonchev–Trinajstić information content (AvgIpc) is 4.44. The van der Waals surface area contributed by atoms with Crippen molar-refractivity contribution in [1.82, 2.24) is 18.9 Å². The lowest BCUT2D eigenvalue weighted by Gasteiger charge is -2.24. The lowest BCUT2D eigenvalue weighted by atomic mass is 9.50. The number of hydrogen-bond donors (Lipinski definition) is 0. The monoisotopic (exact) mass is 1090 g/mol. The Labute approximate surface area is 467 Å². The number of thioether (sulfide) groups is 2. The van der Waals surface area contributed by atoms with Crippen molar-refractivity contribution >= 4 is 147 Å². The van der Waals surface area contributed by atoms with Gasteiger partial charge in [-0.05, 0) is 84.3 Å². The molecule has 0 aliphatic carbocycles. The molecule has 14 heteroatoms. The third kappa shape index (κ3) is 8.95. The Hall–Kier alpha value is -7.51. The van der Waals surface area contributed by atoms with E-state index in [0.717, 1.165) is 74.3 Å². The van der Waals surface area contributed by atoms with Gasteiger partial charge in [-0.3, -0.25) is 0 Å². The Morgan fingerprint density at radius 2 is 0.789 bits per heavy atom. The third-order valence-electron chi connectivity index (χ3n) is 13.7. The maximum Gasteiger partial charge on any atom is 0.328 e. The van der Waals surface area contributed by atoms with Crippen LogP contribution in [0.1, 0.15) is 10.0 Å². The molecule has 0 aliphatic rings. The Kier molecular flexibility index (Phi) is 13.8. The van der Waals surface area contributed by atoms with Gasteiger partial charge in [0.15, 0.2) is 0 Å². The number of hydrogen-bond acceptors (Lipinski definition) is 8. The van der Waals surface area contributed by atoms with Gasteiger partial charge < -0.3 is 8.96 Å². The normalized spacial score (nSPS) is 12.2. The van der Waals surface area contributed by atoms with Crippen LogP contribution < -0.4 is 32.5 Å². The number of rotatable bonds is 12. The van der Waals surface area contributed by atoms with Crippen LogP contribution >= 0.6 is 69.4 Å². The van der Waals surface area contributed by atoms with Crippen LogP contribution in [-0.2, 0) is 0 Å². The summed E-state index contributed by atoms with van der Waals surface area (Å²) in [4.78, 5) is 12.7. The van der Waals surface area contributed by atoms with E-state index >= 15 is 0 Å². The lowest BCUT2D eigenvalue weighted by Crippen LogP contribution is -2.54. The van der Waals surface area contributed by atoms with Crippen molar-refractivity contribution in [3.05, 3.63) is 237 Å². The predicted molar refractivity (Wildman–Crippen MR) is 326 cm³/mol. The Morgan fingerprint density at radius 1 is 0.461 bits per heavy atom. The summed E-state index contributed by atoms with van der Waals surface area (Å²) in [6.07, 6.45) is 4.15. The molecule has 0 radical (unpaired) electrons. The van der Waals surface area contributed by atoms with Crippen molar-refractivity contribution in [3.63, 3.8) is 0 Å². The van der Waals surface area contributed by atoms with Crippen molar-refractivity contribution < 1.29 is 0 Å². The minimum atomic E-state index is -0.505. The number of nitrogens with zero attached hydrogens (tertiary/aromatic N) is 6. The second kappa shape index (κ2) is 21.3. The van der Waals surface area contributed by atoms with Crippen LogP contribution in [0.15, 0.2) is 216 Å². The van der Waals surface area contributed by atoms with E-state index in [1.54, 1.807) is 23.5 Å². The van der Waals surface area contributed by atoms with Gasteiger partial charge in [-0.25, -0.2) is 9.97 Å². The van der Waals surface area contributed by atoms with Crippen LogP contribution in [0.25, 0.3) is 64.9 Å². The van der Waals surface area contributed by atoms with Gasteiger partial charge in [0, 0.05) is 42.0 Å². The molecule has 0 bridgehead atoms. The molecular formula is C62H40B2Cl2N6S4. The molecule has 0 atom stereocenters. The van der Waals surface area contributed by atoms with E-state index in [9.17, 15) is 10.5 Å². The van der Waals surface area contributed by atoms with Crippen molar-refractivity contribution in [2.24, 2.45) is 0 Å². The first kappa shape index (κ1) is 49.4. The summed E-state index contributed by atoms with van der Waals surface area (Å²) in [5, 5.41) is 29.5. The molecule has 0 fully saturated rings. The highest BCUT2D eigenvalue weighted by Crippen LogP contribution is 2.39. The summed E-state index contributed by atoms with van der Waals surface area (Å²) in [6, 6.07) is 76.1. The second-order valence-electron chi connectivity index (χ2n) is 18.0. The second-order valence-corrected chi connectivity index (χ2v) is 22.7. The molecular weight excluding hydrogens is 1050 g/mol. The smallest absolute Gasteiger partial charge is 0.328 e. The summed E-state index contributed by atoms with van der Waals surface area (Å²) in [6.45, 7) is -1.01. The van der Waals surface area contributed by atoms with E-state index in [2.05, 4.69) is 179 Å². The van der Waals surface area contributed by atoms with Gasteiger partial charge in [0.1, 0.15) is 33.3 Å². The largest absolute Gasteiger partial charge is 0.374 e. The molecule has 4 heterocycles. The van der Waals surface area contributed by atoms with Crippen LogP contribution in [0.4, 0.5) is 0 Å². The van der Waals surface area contributed by atoms with E-state index < -0.39 is 13.7 Å². The van der Waals surface area contributed by atoms with E-state index in [0.29, 0.717) is 52.9 Å². The highest BCUT2D eigenvalue weighted by molar-refractivity contribution is 7.98. The first-order chi connectivity index (χ1) is 37.3. The molecule has 12 aromatic rings. The van der Waals surface area contributed by atoms with Gasteiger partial charge >= 0.3 is 13.7 Å². The summed E-state index contributed by atoms with van der Waals surface area (Å²) in [5.74, 6) is 0. The van der Waals surface area contributed by atoms with Crippen molar-refractivity contribution in [3.8, 4) is 34.7 Å². The SMILES string of the molecule is CSc1ccc(-c2c3/c(=C(\C#N)c4nc5cc(Cl)ccc5s4)n(B(c4ccccc4)c4ccccc4)c(-c4ccc(SC)cc4)c3/c(=C(\C#N)c3nc4cc(Cl)ccc4s3)n2B(c2ccccc2)c2ccccc2)cc1. The molecule has 0 aliphatic heterocycles. The zero-order valence-electron chi connectivity index (χ0n) is 40.9. The molecule has 6 nitrogen and oxygen atoms in total. The number of nitriles is 2. The van der Waals surface area contributed by atoms with E-state index in [1.807, 2.05) is 60.7 Å². The summed E-state index contributed by atoms with van der Waals surface area (Å²) >= 11 is 19.6. The molecule has 0 amide bonds. The average molecular weight is 1090 g/mol. The first-order valence-electron chi connectivity index (χ1n) is 24.3. The summed E-state index contributed by atoms with van der Waals surface area (Å²) < 4.78 is 6.52. The van der Waals surface area contributed by atoms with Gasteiger partial charge in [0.25, 0.3) is 0 Å². The van der Waals surface area contributed by atoms with Crippen LogP contribution in [0, 0.1) is 22.7 Å². The zero-order valence-corrected chi connectivity index (χ0v) is 45.6. The van der Waals surface area contributed by atoms with Gasteiger partial charge in [-0.2, -0.15) is 10.5 Å². The minimum Gasteiger partial charge on any atom is -0.374 e. The van der Waals surface area contributed by atoms with E-state index in [1.165, 1.54) is 22.7 Å². The first-order valence-corrected chi connectivity index (χ1v) is 29.2. The number of fused-ring (bicyclic) bond motifs is 3. The molecule has 0 saturated heterocycles. The Balaban J connectivity index is 1.45. The fourth-order valence-corrected chi connectivity index (χ4v) is 13.4. The van der Waals surface area contributed by atoms with E-state index in [4.69, 9.17) is 33.2 Å². The fraction of sp³-hybridized carbons (Fsp3) is 0.0323. The van der Waals surface area contributed by atoms with Gasteiger partial charge in [-0.1, -0.05) is 191 Å². The Morgan fingerprint density at radius 3 is 1.09 bits per heavy atom. The van der Waals surface area contributed by atoms with E-state index in [-0.39, 0.29) is 0 Å². The number of halogens is 2. The number of thiazole rings is 2. The number of benzene rings is 8. The van der Waals surface area contributed by atoms with Crippen LogP contribution in [0.2, 0.25) is 10.0 Å². The van der Waals surface area contributed by atoms with Gasteiger partial charge in [-0.15, -0.1) is 46.2 Å². The Bertz CT molecular complexity index is 4000. The summed E-state index contributed by atoms with van der Waals surface area (Å²) in [5.41, 5.74) is 9.58. The molecule has 0 saturated carbocycles. The maximum atomic E-state index is 12.2. The fourth-order valence-electron chi connectivity index (χ4n) is 10.4. The molecule has 362 valence electrons. The van der Waals surface area contributed by atoms with Crippen molar-refractivity contribution in [2.45, 2.75) is 9.79 Å². The lowest BCUT2D eigenvalue weighted by molar-refractivity contribution is 1.13. The zero-order chi connectivity index (χ0) is 51.9. The van der Waals surface area contributed by atoms with Gasteiger partial charge in [0.05, 0.1) is 31.1 Å². The highest BCUT2D eigenvalue weighted by Gasteiger charge is 2.37. The maximum absolute atomic E-state index is 12.2. The predicted octanol–water partition coefficient (Wildman–Crippen LogP) is 12.5. The third-order valence-corrected chi connectivity index (χ3v) is 17.8. The van der Waals surface area contributed by atoms with Crippen molar-refractivity contribution in [1.29, 1.82) is 10.5 Å². The van der Waals surface area contributed by atoms with Crippen LogP contribution in [0.3, 0.4) is 0 Å². The van der Waals surface area contributed by atoms with Gasteiger partial charge in [0.2, 0.25) is 0 Å². The molecule has 0 spiro atoms. The molecule has 0 N–H and O–H groups in total. The molecule has 8 aromatic carbocycles. The molecule has 0 unspecified atom stereocenters. The minimum absolute atomic E-state index is 0.376. The molecule has 12 rings (SSSR count). The number of aromatic nitrogens is 4. The topological polar surface area (TPSA) is 83.2 Å². The quantitative estimate of drug-likeness (QED) is 0.0895.